The molecular formula is C25H19BrClNO5. The highest BCUT2D eigenvalue weighted by Gasteiger charge is 2.47. The van der Waals surface area contributed by atoms with E-state index in [2.05, 4.69) is 15.9 Å². The Hall–Kier alpha value is -3.29. The van der Waals surface area contributed by atoms with Crippen molar-refractivity contribution in [1.29, 1.82) is 0 Å². The van der Waals surface area contributed by atoms with E-state index >= 15 is 0 Å². The molecule has 1 unspecified atom stereocenters. The number of hydrogen-bond donors (Lipinski definition) is 1. The molecule has 0 saturated carbocycles. The van der Waals surface area contributed by atoms with Crippen LogP contribution in [0.15, 0.2) is 76.8 Å². The van der Waals surface area contributed by atoms with Crippen molar-refractivity contribution in [3.8, 4) is 11.5 Å². The van der Waals surface area contributed by atoms with E-state index < -0.39 is 17.7 Å². The molecule has 1 heterocycles. The fourth-order valence-corrected chi connectivity index (χ4v) is 4.33. The zero-order valence-corrected chi connectivity index (χ0v) is 20.1. The number of halogens is 2. The predicted molar refractivity (Wildman–Crippen MR) is 130 cm³/mol. The number of methoxy groups -OCH3 is 2. The van der Waals surface area contributed by atoms with Gasteiger partial charge in [0.05, 0.1) is 36.4 Å². The molecule has 0 aromatic heterocycles. The number of ether oxygens (including phenoxy) is 2. The van der Waals surface area contributed by atoms with E-state index in [0.717, 1.165) is 4.47 Å². The van der Waals surface area contributed by atoms with Gasteiger partial charge in [-0.3, -0.25) is 14.5 Å². The maximum absolute atomic E-state index is 13.3. The second-order valence-electron chi connectivity index (χ2n) is 7.24. The lowest BCUT2D eigenvalue weighted by Crippen LogP contribution is -2.29. The Morgan fingerprint density at radius 2 is 1.61 bits per heavy atom. The minimum Gasteiger partial charge on any atom is -0.507 e. The molecule has 1 N–H and O–H groups in total. The van der Waals surface area contributed by atoms with Gasteiger partial charge < -0.3 is 14.6 Å². The van der Waals surface area contributed by atoms with E-state index in [1.807, 2.05) is 18.2 Å². The van der Waals surface area contributed by atoms with Crippen LogP contribution < -0.4 is 14.4 Å². The number of ketones is 1. The summed E-state index contributed by atoms with van der Waals surface area (Å²) >= 11 is 9.61. The third-order valence-corrected chi connectivity index (χ3v) is 6.22. The number of benzene rings is 3. The van der Waals surface area contributed by atoms with Gasteiger partial charge in [-0.25, -0.2) is 0 Å². The Morgan fingerprint density at radius 1 is 0.970 bits per heavy atom. The average Bonchev–Trinajstić information content (AvgIpc) is 3.09. The molecule has 0 bridgehead atoms. The number of amides is 1. The van der Waals surface area contributed by atoms with E-state index in [1.165, 1.54) is 31.3 Å². The first-order valence-electron chi connectivity index (χ1n) is 9.90. The number of aliphatic hydroxyl groups is 1. The minimum atomic E-state index is -0.855. The lowest BCUT2D eigenvalue weighted by molar-refractivity contribution is -0.132. The summed E-state index contributed by atoms with van der Waals surface area (Å²) in [5.41, 5.74) is 1.32. The number of carbonyl (C=O) groups excluding carboxylic acids is 2. The molecule has 0 radical (unpaired) electrons. The maximum atomic E-state index is 13.3. The standard InChI is InChI=1S/C25H19BrClNO5/c1-32-19-13-18(27)20(33-2)12-17(19)23(29)21-22(14-8-10-15(26)11-9-14)28(25(31)24(21)30)16-6-4-3-5-7-16/h3-13,22,29H,1-2H3/b23-21+. The predicted octanol–water partition coefficient (Wildman–Crippen LogP) is 5.75. The highest BCUT2D eigenvalue weighted by molar-refractivity contribution is 9.10. The highest BCUT2D eigenvalue weighted by atomic mass is 79.9. The Bertz CT molecular complexity index is 1260. The van der Waals surface area contributed by atoms with Crippen LogP contribution in [-0.4, -0.2) is 31.0 Å². The van der Waals surface area contributed by atoms with Crippen molar-refractivity contribution in [3.05, 3.63) is 92.9 Å². The molecule has 8 heteroatoms. The van der Waals surface area contributed by atoms with Gasteiger partial charge in [-0.2, -0.15) is 0 Å². The summed E-state index contributed by atoms with van der Waals surface area (Å²) in [7, 11) is 2.86. The van der Waals surface area contributed by atoms with Gasteiger partial charge in [-0.15, -0.1) is 0 Å². The number of rotatable bonds is 5. The van der Waals surface area contributed by atoms with Gasteiger partial charge in [0, 0.05) is 16.2 Å². The number of Topliss-reactive ketones (excluding diaryl/α,β-unsaturated/α-hetero) is 1. The van der Waals surface area contributed by atoms with Gasteiger partial charge in [-0.05, 0) is 35.9 Å². The Morgan fingerprint density at radius 3 is 2.21 bits per heavy atom. The molecular weight excluding hydrogens is 510 g/mol. The summed E-state index contributed by atoms with van der Waals surface area (Å²) in [6.07, 6.45) is 0. The highest BCUT2D eigenvalue weighted by Crippen LogP contribution is 2.44. The molecule has 1 aliphatic heterocycles. The third kappa shape index (κ3) is 4.10. The van der Waals surface area contributed by atoms with Gasteiger partial charge in [0.1, 0.15) is 17.3 Å². The van der Waals surface area contributed by atoms with Crippen molar-refractivity contribution in [1.82, 2.24) is 0 Å². The van der Waals surface area contributed by atoms with Crippen LogP contribution in [0.25, 0.3) is 5.76 Å². The van der Waals surface area contributed by atoms with Gasteiger partial charge in [0.15, 0.2) is 0 Å². The van der Waals surface area contributed by atoms with Crippen LogP contribution in [0, 0.1) is 0 Å². The van der Waals surface area contributed by atoms with Crippen LogP contribution in [0.2, 0.25) is 5.02 Å². The van der Waals surface area contributed by atoms with E-state index in [0.29, 0.717) is 11.3 Å². The van der Waals surface area contributed by atoms with Gasteiger partial charge in [-0.1, -0.05) is 57.9 Å². The van der Waals surface area contributed by atoms with Crippen molar-refractivity contribution in [2.45, 2.75) is 6.04 Å². The largest absolute Gasteiger partial charge is 0.507 e. The number of anilines is 1. The lowest BCUT2D eigenvalue weighted by Gasteiger charge is -2.25. The van der Waals surface area contributed by atoms with E-state index in [4.69, 9.17) is 21.1 Å². The second-order valence-corrected chi connectivity index (χ2v) is 8.57. The number of aliphatic hydroxyl groups excluding tert-OH is 1. The molecule has 33 heavy (non-hydrogen) atoms. The summed E-state index contributed by atoms with van der Waals surface area (Å²) in [4.78, 5) is 27.8. The topological polar surface area (TPSA) is 76.1 Å². The van der Waals surface area contributed by atoms with Gasteiger partial charge in [0.2, 0.25) is 0 Å². The number of hydrogen-bond acceptors (Lipinski definition) is 5. The third-order valence-electron chi connectivity index (χ3n) is 5.39. The molecule has 0 spiro atoms. The molecule has 1 saturated heterocycles. The number of para-hydroxylation sites is 1. The fourth-order valence-electron chi connectivity index (χ4n) is 3.84. The minimum absolute atomic E-state index is 0.0612. The Labute approximate surface area is 204 Å². The quantitative estimate of drug-likeness (QED) is 0.259. The molecule has 168 valence electrons. The first-order chi connectivity index (χ1) is 15.9. The molecule has 1 atom stereocenters. The van der Waals surface area contributed by atoms with Crippen LogP contribution in [0.5, 0.6) is 11.5 Å². The van der Waals surface area contributed by atoms with Crippen LogP contribution in [-0.2, 0) is 9.59 Å². The van der Waals surface area contributed by atoms with Gasteiger partial charge in [0.25, 0.3) is 11.7 Å². The molecule has 0 aliphatic carbocycles. The van der Waals surface area contributed by atoms with Crippen LogP contribution in [0.3, 0.4) is 0 Å². The normalized spacial score (nSPS) is 17.3. The first-order valence-corrected chi connectivity index (χ1v) is 11.1. The van der Waals surface area contributed by atoms with E-state index in [1.54, 1.807) is 36.4 Å². The molecule has 3 aromatic rings. The van der Waals surface area contributed by atoms with Crippen LogP contribution >= 0.6 is 27.5 Å². The van der Waals surface area contributed by atoms with Crippen LogP contribution in [0.4, 0.5) is 5.69 Å². The summed E-state index contributed by atoms with van der Waals surface area (Å²) in [5, 5.41) is 11.7. The number of nitrogens with zero attached hydrogens (tertiary/aromatic N) is 1. The lowest BCUT2D eigenvalue weighted by atomic mass is 9.94. The molecule has 3 aromatic carbocycles. The van der Waals surface area contributed by atoms with Crippen molar-refractivity contribution in [2.75, 3.05) is 19.1 Å². The summed E-state index contributed by atoms with van der Waals surface area (Å²) in [6.45, 7) is 0. The van der Waals surface area contributed by atoms with Crippen molar-refractivity contribution in [3.63, 3.8) is 0 Å². The summed E-state index contributed by atoms with van der Waals surface area (Å²) < 4.78 is 11.5. The first kappa shape index (κ1) is 22.9. The van der Waals surface area contributed by atoms with Crippen molar-refractivity contribution < 1.29 is 24.2 Å². The molecule has 1 fully saturated rings. The monoisotopic (exact) mass is 527 g/mol. The maximum Gasteiger partial charge on any atom is 0.300 e. The molecule has 1 aliphatic rings. The van der Waals surface area contributed by atoms with Crippen molar-refractivity contribution >= 4 is 50.7 Å². The molecule has 1 amide bonds. The molecule has 4 rings (SSSR count). The summed E-state index contributed by atoms with van der Waals surface area (Å²) in [5.74, 6) is -1.41. The van der Waals surface area contributed by atoms with Crippen molar-refractivity contribution in [2.24, 2.45) is 0 Å². The number of carbonyl (C=O) groups is 2. The van der Waals surface area contributed by atoms with E-state index in [-0.39, 0.29) is 33.4 Å². The SMILES string of the molecule is COc1cc(/C(O)=C2\C(=O)C(=O)N(c3ccccc3)C2c2ccc(Br)cc2)c(OC)cc1Cl. The van der Waals surface area contributed by atoms with E-state index in [9.17, 15) is 14.7 Å². The second kappa shape index (κ2) is 9.29. The smallest absolute Gasteiger partial charge is 0.300 e. The zero-order chi connectivity index (χ0) is 23.7. The van der Waals surface area contributed by atoms with Crippen LogP contribution in [0.1, 0.15) is 17.2 Å². The zero-order valence-electron chi connectivity index (χ0n) is 17.7. The molecule has 6 nitrogen and oxygen atoms in total. The average molecular weight is 529 g/mol. The fraction of sp³-hybridized carbons (Fsp3) is 0.120. The Balaban J connectivity index is 1.99. The van der Waals surface area contributed by atoms with Gasteiger partial charge >= 0.3 is 0 Å². The summed E-state index contributed by atoms with van der Waals surface area (Å²) in [6, 6.07) is 18.2. The Kier molecular flexibility index (Phi) is 6.44.